The fourth-order valence-electron chi connectivity index (χ4n) is 4.40. The van der Waals surface area contributed by atoms with Gasteiger partial charge in [0.1, 0.15) is 0 Å². The first-order valence-electron chi connectivity index (χ1n) is 12.4. The van der Waals surface area contributed by atoms with Gasteiger partial charge in [-0.3, -0.25) is 0 Å². The standard InChI is InChI=1S/C28H42Br2Si/c1-4-5-6-7-8-9-10-11-12-13-19-31(2,3)27-16-14-15-25(21-27)28-20-24(22-29)17-18-26(28)23-30/h14-18,20-21H,4-13,19,22-23H2,1-3H3. The van der Waals surface area contributed by atoms with Gasteiger partial charge >= 0.3 is 0 Å². The monoisotopic (exact) mass is 564 g/mol. The van der Waals surface area contributed by atoms with Crippen molar-refractivity contribution in [3.8, 4) is 11.1 Å². The molecular formula is C28H42Br2Si. The summed E-state index contributed by atoms with van der Waals surface area (Å²) in [5.41, 5.74) is 5.46. The van der Waals surface area contributed by atoms with Gasteiger partial charge < -0.3 is 0 Å². The van der Waals surface area contributed by atoms with Crippen LogP contribution in [0.25, 0.3) is 11.1 Å². The van der Waals surface area contributed by atoms with Crippen LogP contribution in [0.15, 0.2) is 42.5 Å². The van der Waals surface area contributed by atoms with E-state index >= 15 is 0 Å². The van der Waals surface area contributed by atoms with Crippen LogP contribution in [-0.4, -0.2) is 8.07 Å². The molecule has 2 aromatic rings. The van der Waals surface area contributed by atoms with Crippen LogP contribution < -0.4 is 5.19 Å². The van der Waals surface area contributed by atoms with Crippen LogP contribution in [0.5, 0.6) is 0 Å². The highest BCUT2D eigenvalue weighted by atomic mass is 79.9. The first-order valence-corrected chi connectivity index (χ1v) is 17.8. The number of alkyl halides is 2. The zero-order chi connectivity index (χ0) is 22.5. The highest BCUT2D eigenvalue weighted by molar-refractivity contribution is 9.08. The lowest BCUT2D eigenvalue weighted by Gasteiger charge is -2.24. The molecule has 0 N–H and O–H groups in total. The topological polar surface area (TPSA) is 0 Å². The summed E-state index contributed by atoms with van der Waals surface area (Å²) in [4.78, 5) is 0. The Morgan fingerprint density at radius 2 is 1.35 bits per heavy atom. The molecule has 2 aromatic carbocycles. The first-order chi connectivity index (χ1) is 15.0. The Morgan fingerprint density at radius 1 is 0.710 bits per heavy atom. The zero-order valence-corrected chi connectivity index (χ0v) is 24.2. The van der Waals surface area contributed by atoms with Crippen LogP contribution in [0, 0.1) is 0 Å². The van der Waals surface area contributed by atoms with E-state index in [2.05, 4.69) is 94.3 Å². The van der Waals surface area contributed by atoms with Gasteiger partial charge in [-0.15, -0.1) is 0 Å². The summed E-state index contributed by atoms with van der Waals surface area (Å²) < 4.78 is 0. The van der Waals surface area contributed by atoms with Gasteiger partial charge in [-0.05, 0) is 22.3 Å². The number of hydrogen-bond donors (Lipinski definition) is 0. The van der Waals surface area contributed by atoms with E-state index in [1.165, 1.54) is 92.5 Å². The van der Waals surface area contributed by atoms with E-state index in [1.54, 1.807) is 5.19 Å². The van der Waals surface area contributed by atoms with Gasteiger partial charge in [0.15, 0.2) is 0 Å². The molecule has 0 aliphatic carbocycles. The number of hydrogen-bond acceptors (Lipinski definition) is 0. The minimum atomic E-state index is -1.40. The van der Waals surface area contributed by atoms with Gasteiger partial charge in [-0.1, -0.05) is 170 Å². The number of unbranched alkanes of at least 4 members (excludes halogenated alkanes) is 9. The molecule has 0 spiro atoms. The van der Waals surface area contributed by atoms with E-state index in [4.69, 9.17) is 0 Å². The van der Waals surface area contributed by atoms with Crippen LogP contribution >= 0.6 is 31.9 Å². The fraction of sp³-hybridized carbons (Fsp3) is 0.571. The first kappa shape index (κ1) is 26.9. The van der Waals surface area contributed by atoms with Gasteiger partial charge in [0, 0.05) is 10.7 Å². The van der Waals surface area contributed by atoms with Gasteiger partial charge in [-0.25, -0.2) is 0 Å². The Hall–Kier alpha value is -0.383. The van der Waals surface area contributed by atoms with E-state index in [1.807, 2.05) is 0 Å². The van der Waals surface area contributed by atoms with Crippen molar-refractivity contribution in [1.29, 1.82) is 0 Å². The van der Waals surface area contributed by atoms with Crippen molar-refractivity contribution in [2.45, 2.75) is 101 Å². The lowest BCUT2D eigenvalue weighted by molar-refractivity contribution is 0.561. The largest absolute Gasteiger partial charge is 0.0876 e. The van der Waals surface area contributed by atoms with Crippen molar-refractivity contribution >= 4 is 45.1 Å². The second-order valence-electron chi connectivity index (χ2n) is 9.66. The summed E-state index contributed by atoms with van der Waals surface area (Å²) in [7, 11) is -1.40. The van der Waals surface area contributed by atoms with Crippen LogP contribution in [0.1, 0.15) is 82.3 Å². The molecular weight excluding hydrogens is 524 g/mol. The zero-order valence-electron chi connectivity index (χ0n) is 20.0. The van der Waals surface area contributed by atoms with Gasteiger partial charge in [0.2, 0.25) is 0 Å². The quantitative estimate of drug-likeness (QED) is 0.114. The Bertz CT molecular complexity index is 769. The van der Waals surface area contributed by atoms with E-state index in [-0.39, 0.29) is 0 Å². The Balaban J connectivity index is 1.89. The average molecular weight is 567 g/mol. The number of halogens is 2. The second-order valence-corrected chi connectivity index (χ2v) is 15.6. The molecule has 0 aromatic heterocycles. The van der Waals surface area contributed by atoms with Crippen LogP contribution in [0.3, 0.4) is 0 Å². The highest BCUT2D eigenvalue weighted by Crippen LogP contribution is 2.28. The fourth-order valence-corrected chi connectivity index (χ4v) is 7.75. The lowest BCUT2D eigenvalue weighted by atomic mass is 9.98. The van der Waals surface area contributed by atoms with Crippen LogP contribution in [0.2, 0.25) is 19.1 Å². The third-order valence-corrected chi connectivity index (χ3v) is 11.3. The number of rotatable bonds is 15. The molecule has 0 aliphatic heterocycles. The van der Waals surface area contributed by atoms with E-state index in [9.17, 15) is 0 Å². The SMILES string of the molecule is CCCCCCCCCCCC[Si](C)(C)c1cccc(-c2cc(CBr)ccc2CBr)c1. The summed E-state index contributed by atoms with van der Waals surface area (Å²) in [5.74, 6) is 0. The second kappa shape index (κ2) is 14.7. The van der Waals surface area contributed by atoms with Gasteiger partial charge in [0.05, 0.1) is 8.07 Å². The van der Waals surface area contributed by atoms with Gasteiger partial charge in [-0.2, -0.15) is 0 Å². The van der Waals surface area contributed by atoms with Crippen molar-refractivity contribution < 1.29 is 0 Å². The van der Waals surface area contributed by atoms with Gasteiger partial charge in [0.25, 0.3) is 0 Å². The minimum absolute atomic E-state index is 0.897. The average Bonchev–Trinajstić information content (AvgIpc) is 2.80. The van der Waals surface area contributed by atoms with Crippen LogP contribution in [-0.2, 0) is 10.7 Å². The minimum Gasteiger partial charge on any atom is -0.0876 e. The van der Waals surface area contributed by atoms with Crippen molar-refractivity contribution in [2.75, 3.05) is 0 Å². The van der Waals surface area contributed by atoms with E-state index in [0.717, 1.165) is 10.7 Å². The Morgan fingerprint density at radius 3 is 1.97 bits per heavy atom. The molecule has 0 heterocycles. The molecule has 0 aliphatic rings. The van der Waals surface area contributed by atoms with E-state index in [0.29, 0.717) is 0 Å². The molecule has 0 radical (unpaired) electrons. The Labute approximate surface area is 209 Å². The molecule has 3 heteroatoms. The molecule has 2 rings (SSSR count). The molecule has 0 bridgehead atoms. The molecule has 0 nitrogen and oxygen atoms in total. The summed E-state index contributed by atoms with van der Waals surface area (Å²) in [5, 5.41) is 3.40. The Kier molecular flexibility index (Phi) is 12.7. The molecule has 0 saturated carbocycles. The maximum atomic E-state index is 3.68. The molecule has 0 amide bonds. The smallest absolute Gasteiger partial charge is 0.0806 e. The third-order valence-electron chi connectivity index (χ3n) is 6.58. The predicted molar refractivity (Wildman–Crippen MR) is 151 cm³/mol. The van der Waals surface area contributed by atoms with Crippen molar-refractivity contribution in [1.82, 2.24) is 0 Å². The molecule has 0 unspecified atom stereocenters. The molecule has 0 atom stereocenters. The molecule has 31 heavy (non-hydrogen) atoms. The summed E-state index contributed by atoms with van der Waals surface area (Å²) >= 11 is 7.30. The maximum absolute atomic E-state index is 3.68. The molecule has 0 fully saturated rings. The summed E-state index contributed by atoms with van der Waals surface area (Å²) in [6.45, 7) is 7.41. The van der Waals surface area contributed by atoms with Crippen molar-refractivity contribution in [3.63, 3.8) is 0 Å². The normalized spacial score (nSPS) is 11.8. The summed E-state index contributed by atoms with van der Waals surface area (Å²) in [6.07, 6.45) is 14.2. The van der Waals surface area contributed by atoms with Crippen molar-refractivity contribution in [3.05, 3.63) is 53.6 Å². The van der Waals surface area contributed by atoms with Crippen LogP contribution in [0.4, 0.5) is 0 Å². The number of benzene rings is 2. The third kappa shape index (κ3) is 9.18. The maximum Gasteiger partial charge on any atom is 0.0806 e. The summed E-state index contributed by atoms with van der Waals surface area (Å²) in [6, 6.07) is 17.7. The molecule has 172 valence electrons. The van der Waals surface area contributed by atoms with Crippen molar-refractivity contribution in [2.24, 2.45) is 0 Å². The highest BCUT2D eigenvalue weighted by Gasteiger charge is 2.23. The lowest BCUT2D eigenvalue weighted by Crippen LogP contribution is -2.41. The van der Waals surface area contributed by atoms with E-state index < -0.39 is 8.07 Å². The molecule has 0 saturated heterocycles. The predicted octanol–water partition coefficient (Wildman–Crippen LogP) is 9.98.